The first-order valence-electron chi connectivity index (χ1n) is 10.4. The summed E-state index contributed by atoms with van der Waals surface area (Å²) < 4.78 is 12.2. The molecule has 1 N–H and O–H groups in total. The van der Waals surface area contributed by atoms with Crippen LogP contribution in [0.25, 0.3) is 10.9 Å². The number of morpholine rings is 1. The molecule has 2 amide bonds. The van der Waals surface area contributed by atoms with Crippen LogP contribution in [-0.2, 0) is 20.9 Å². The second kappa shape index (κ2) is 10.1. The first kappa shape index (κ1) is 21.5. The van der Waals surface area contributed by atoms with Crippen LogP contribution in [0.2, 0.25) is 0 Å². The van der Waals surface area contributed by atoms with Crippen molar-refractivity contribution >= 4 is 28.4 Å². The van der Waals surface area contributed by atoms with Crippen LogP contribution in [0.15, 0.2) is 59.7 Å². The maximum atomic E-state index is 12.5. The molecule has 0 atom stereocenters. The highest BCUT2D eigenvalue weighted by Crippen LogP contribution is 2.16. The van der Waals surface area contributed by atoms with Gasteiger partial charge in [-0.2, -0.15) is 0 Å². The standard InChI is InChI=1S/C23H24N4O5/c28-21(9-10-27-16-24-20-4-2-1-3-19(20)23(27)30)25-17-5-7-18(8-6-17)32-15-22(29)26-11-13-31-14-12-26/h1-8,16H,9-15H2,(H,25,28). The van der Waals surface area contributed by atoms with Gasteiger partial charge in [-0.3, -0.25) is 19.0 Å². The molecule has 0 aliphatic carbocycles. The van der Waals surface area contributed by atoms with E-state index in [1.807, 2.05) is 6.07 Å². The number of rotatable bonds is 7. The van der Waals surface area contributed by atoms with Gasteiger partial charge < -0.3 is 19.7 Å². The number of hydrogen-bond donors (Lipinski definition) is 1. The van der Waals surface area contributed by atoms with E-state index >= 15 is 0 Å². The fraction of sp³-hybridized carbons (Fsp3) is 0.304. The van der Waals surface area contributed by atoms with E-state index in [-0.39, 0.29) is 36.9 Å². The summed E-state index contributed by atoms with van der Waals surface area (Å²) in [4.78, 5) is 42.9. The number of carbonyl (C=O) groups is 2. The molecule has 2 aromatic carbocycles. The maximum absolute atomic E-state index is 12.5. The normalized spacial score (nSPS) is 13.7. The number of anilines is 1. The van der Waals surface area contributed by atoms with Crippen LogP contribution in [0.4, 0.5) is 5.69 Å². The Kier molecular flexibility index (Phi) is 6.76. The van der Waals surface area contributed by atoms with Gasteiger partial charge in [-0.1, -0.05) is 12.1 Å². The van der Waals surface area contributed by atoms with Gasteiger partial charge >= 0.3 is 0 Å². The predicted octanol–water partition coefficient (Wildman–Crippen LogP) is 1.66. The van der Waals surface area contributed by atoms with Crippen molar-refractivity contribution < 1.29 is 19.1 Å². The maximum Gasteiger partial charge on any atom is 0.261 e. The Labute approximate surface area is 184 Å². The van der Waals surface area contributed by atoms with E-state index in [9.17, 15) is 14.4 Å². The van der Waals surface area contributed by atoms with Crippen LogP contribution in [-0.4, -0.2) is 59.2 Å². The van der Waals surface area contributed by atoms with Gasteiger partial charge in [0.25, 0.3) is 11.5 Å². The Morgan fingerprint density at radius 3 is 2.59 bits per heavy atom. The minimum atomic E-state index is -0.221. The van der Waals surface area contributed by atoms with Crippen molar-refractivity contribution in [3.63, 3.8) is 0 Å². The van der Waals surface area contributed by atoms with Crippen LogP contribution < -0.4 is 15.6 Å². The molecule has 1 saturated heterocycles. The molecule has 1 aromatic heterocycles. The van der Waals surface area contributed by atoms with E-state index < -0.39 is 0 Å². The number of para-hydroxylation sites is 1. The fourth-order valence-electron chi connectivity index (χ4n) is 3.39. The van der Waals surface area contributed by atoms with E-state index in [1.54, 1.807) is 47.4 Å². The lowest BCUT2D eigenvalue weighted by atomic mass is 10.2. The summed E-state index contributed by atoms with van der Waals surface area (Å²) in [6.45, 7) is 2.44. The van der Waals surface area contributed by atoms with Crippen molar-refractivity contribution in [2.45, 2.75) is 13.0 Å². The SMILES string of the molecule is O=C(CCn1cnc2ccccc2c1=O)Nc1ccc(OCC(=O)N2CCOCC2)cc1. The van der Waals surface area contributed by atoms with Crippen molar-refractivity contribution in [1.29, 1.82) is 0 Å². The lowest BCUT2D eigenvalue weighted by Crippen LogP contribution is -2.42. The second-order valence-electron chi connectivity index (χ2n) is 7.36. The first-order chi connectivity index (χ1) is 15.6. The Hall–Kier alpha value is -3.72. The topological polar surface area (TPSA) is 103 Å². The summed E-state index contributed by atoms with van der Waals surface area (Å²) in [5.41, 5.74) is 1.06. The van der Waals surface area contributed by atoms with Crippen molar-refractivity contribution in [1.82, 2.24) is 14.5 Å². The Morgan fingerprint density at radius 2 is 1.81 bits per heavy atom. The van der Waals surface area contributed by atoms with Crippen LogP contribution in [0, 0.1) is 0 Å². The molecule has 9 heteroatoms. The number of hydrogen-bond acceptors (Lipinski definition) is 6. The van der Waals surface area contributed by atoms with Gasteiger partial charge in [0.1, 0.15) is 5.75 Å². The van der Waals surface area contributed by atoms with E-state index in [4.69, 9.17) is 9.47 Å². The number of aromatic nitrogens is 2. The number of carbonyl (C=O) groups excluding carboxylic acids is 2. The van der Waals surface area contributed by atoms with Crippen LogP contribution in [0.3, 0.4) is 0 Å². The number of fused-ring (bicyclic) bond motifs is 1. The zero-order valence-electron chi connectivity index (χ0n) is 17.5. The zero-order chi connectivity index (χ0) is 22.3. The predicted molar refractivity (Wildman–Crippen MR) is 119 cm³/mol. The highest BCUT2D eigenvalue weighted by atomic mass is 16.5. The average molecular weight is 436 g/mol. The third-order valence-corrected chi connectivity index (χ3v) is 5.18. The number of nitrogens with zero attached hydrogens (tertiary/aromatic N) is 3. The Bertz CT molecular complexity index is 1150. The summed E-state index contributed by atoms with van der Waals surface area (Å²) in [6, 6.07) is 13.9. The number of benzene rings is 2. The summed E-state index contributed by atoms with van der Waals surface area (Å²) in [5.74, 6) is 0.240. The molecule has 2 heterocycles. The molecule has 166 valence electrons. The lowest BCUT2D eigenvalue weighted by Gasteiger charge is -2.26. The number of ether oxygens (including phenoxy) is 2. The molecular formula is C23H24N4O5. The second-order valence-corrected chi connectivity index (χ2v) is 7.36. The van der Waals surface area contributed by atoms with Crippen LogP contribution in [0.1, 0.15) is 6.42 Å². The van der Waals surface area contributed by atoms with Gasteiger partial charge in [0.15, 0.2) is 6.61 Å². The van der Waals surface area contributed by atoms with Crippen molar-refractivity contribution in [2.24, 2.45) is 0 Å². The highest BCUT2D eigenvalue weighted by Gasteiger charge is 2.17. The van der Waals surface area contributed by atoms with Gasteiger partial charge in [0, 0.05) is 31.7 Å². The van der Waals surface area contributed by atoms with E-state index in [2.05, 4.69) is 10.3 Å². The monoisotopic (exact) mass is 436 g/mol. The van der Waals surface area contributed by atoms with Crippen molar-refractivity contribution in [2.75, 3.05) is 38.2 Å². The summed E-state index contributed by atoms with van der Waals surface area (Å²) in [6.07, 6.45) is 1.59. The molecule has 3 aromatic rings. The van der Waals surface area contributed by atoms with E-state index in [0.29, 0.717) is 48.6 Å². The van der Waals surface area contributed by atoms with Crippen molar-refractivity contribution in [3.05, 3.63) is 65.2 Å². The lowest BCUT2D eigenvalue weighted by molar-refractivity contribution is -0.137. The summed E-state index contributed by atoms with van der Waals surface area (Å²) >= 11 is 0. The third-order valence-electron chi connectivity index (χ3n) is 5.18. The first-order valence-corrected chi connectivity index (χ1v) is 10.4. The van der Waals surface area contributed by atoms with Gasteiger partial charge in [0.05, 0.1) is 30.4 Å². The van der Waals surface area contributed by atoms with Crippen LogP contribution in [0.5, 0.6) is 5.75 Å². The molecule has 0 unspecified atom stereocenters. The Morgan fingerprint density at radius 1 is 1.06 bits per heavy atom. The quantitative estimate of drug-likeness (QED) is 0.604. The molecule has 0 bridgehead atoms. The summed E-state index contributed by atoms with van der Waals surface area (Å²) in [7, 11) is 0. The third kappa shape index (κ3) is 5.30. The van der Waals surface area contributed by atoms with Gasteiger partial charge in [-0.05, 0) is 36.4 Å². The number of nitrogens with one attached hydrogen (secondary N) is 1. The molecule has 0 radical (unpaired) electrons. The molecule has 32 heavy (non-hydrogen) atoms. The van der Waals surface area contributed by atoms with E-state index in [1.165, 1.54) is 10.9 Å². The molecule has 1 aliphatic heterocycles. The minimum absolute atomic E-state index is 0.0414. The molecule has 4 rings (SSSR count). The summed E-state index contributed by atoms with van der Waals surface area (Å²) in [5, 5.41) is 3.32. The molecule has 1 fully saturated rings. The van der Waals surface area contributed by atoms with Gasteiger partial charge in [-0.25, -0.2) is 4.98 Å². The smallest absolute Gasteiger partial charge is 0.261 e. The highest BCUT2D eigenvalue weighted by molar-refractivity contribution is 5.90. The molecule has 9 nitrogen and oxygen atoms in total. The van der Waals surface area contributed by atoms with Crippen LogP contribution >= 0.6 is 0 Å². The molecule has 0 spiro atoms. The zero-order valence-corrected chi connectivity index (χ0v) is 17.5. The fourth-order valence-corrected chi connectivity index (χ4v) is 3.39. The molecule has 0 saturated carbocycles. The van der Waals surface area contributed by atoms with Crippen molar-refractivity contribution in [3.8, 4) is 5.75 Å². The number of aryl methyl sites for hydroxylation is 1. The van der Waals surface area contributed by atoms with E-state index in [0.717, 1.165) is 0 Å². The molecular weight excluding hydrogens is 412 g/mol. The number of amides is 2. The van der Waals surface area contributed by atoms with Gasteiger partial charge in [-0.15, -0.1) is 0 Å². The largest absolute Gasteiger partial charge is 0.484 e. The Balaban J connectivity index is 1.26. The minimum Gasteiger partial charge on any atom is -0.484 e. The molecule has 1 aliphatic rings. The van der Waals surface area contributed by atoms with Gasteiger partial charge in [0.2, 0.25) is 5.91 Å². The average Bonchev–Trinajstić information content (AvgIpc) is 2.84.